The highest BCUT2D eigenvalue weighted by atomic mass is 32.2. The van der Waals surface area contributed by atoms with Crippen LogP contribution >= 0.6 is 0 Å². The van der Waals surface area contributed by atoms with Gasteiger partial charge in [0, 0.05) is 24.9 Å². The quantitative estimate of drug-likeness (QED) is 0.284. The van der Waals surface area contributed by atoms with Crippen LogP contribution in [0.5, 0.6) is 0 Å². The Morgan fingerprint density at radius 3 is 2.38 bits per heavy atom. The average molecular weight is 836 g/mol. The summed E-state index contributed by atoms with van der Waals surface area (Å²) in [6, 6.07) is 4.62. The largest absolute Gasteiger partial charge is 0.490 e. The highest BCUT2D eigenvalue weighted by molar-refractivity contribution is 7.91. The number of halogens is 3. The second kappa shape index (κ2) is 17.4. The summed E-state index contributed by atoms with van der Waals surface area (Å²) in [4.78, 5) is 68.1. The maximum atomic E-state index is 14.7. The number of hydrogen-bond donors (Lipinski definition) is 4. The summed E-state index contributed by atoms with van der Waals surface area (Å²) < 4.78 is 65.4. The van der Waals surface area contributed by atoms with Gasteiger partial charge in [-0.25, -0.2) is 18.0 Å². The third-order valence-electron chi connectivity index (χ3n) is 12.0. The number of allylic oxidation sites excluding steroid dienone is 1. The summed E-state index contributed by atoms with van der Waals surface area (Å²) in [5.74, 6) is -4.69. The number of nitrogens with one attached hydrogen (secondary N) is 3. The van der Waals surface area contributed by atoms with Gasteiger partial charge in [0.05, 0.1) is 24.4 Å². The minimum atomic E-state index is -5.08. The number of aliphatic carboxylic acids is 1. The molecule has 3 aliphatic carbocycles. The summed E-state index contributed by atoms with van der Waals surface area (Å²) in [6.45, 7) is 6.76. The molecule has 1 aromatic rings. The van der Waals surface area contributed by atoms with Crippen molar-refractivity contribution in [3.8, 4) is 0 Å². The zero-order chi connectivity index (χ0) is 42.0. The monoisotopic (exact) mass is 835 g/mol. The number of alkyl halides is 3. The maximum absolute atomic E-state index is 14.7. The fourth-order valence-electron chi connectivity index (χ4n) is 8.54. The third kappa shape index (κ3) is 9.87. The van der Waals surface area contributed by atoms with Crippen LogP contribution in [0.4, 0.5) is 18.0 Å². The SMILES string of the molecule is C=C[C@@H]1C[C@]1(NC(=O)[C@@H]1C[C@@H]2CN1C(=O)[C@H](C1CCCC1)N[C@H](C)CCCC/C=C/c1cccc3c1CN(C3)C(=O)O2)C(=O)NS(=O)(=O)C1CC1.O=C(O)C(F)(F)F. The van der Waals surface area contributed by atoms with Gasteiger partial charge in [-0.2, -0.15) is 13.2 Å². The van der Waals surface area contributed by atoms with Gasteiger partial charge in [-0.1, -0.05) is 55.7 Å². The van der Waals surface area contributed by atoms with Gasteiger partial charge in [0.2, 0.25) is 21.8 Å². The number of nitrogens with zero attached hydrogens (tertiary/aromatic N) is 2. The first kappa shape index (κ1) is 43.1. The molecule has 0 unspecified atom stereocenters. The van der Waals surface area contributed by atoms with Crippen molar-refractivity contribution < 1.29 is 55.4 Å². The van der Waals surface area contributed by atoms with Gasteiger partial charge in [-0.3, -0.25) is 24.0 Å². The topological polar surface area (TPSA) is 192 Å². The van der Waals surface area contributed by atoms with Gasteiger partial charge in [-0.15, -0.1) is 6.58 Å². The molecule has 3 aliphatic heterocycles. The standard InChI is InChI=1S/C38H51N5O7S.C2HF3O2/c1-3-28-20-38(28,36(46)41-51(48,49)30-17-18-30)40-34(44)32-19-29-22-43(32)35(45)33(26-13-8-9-14-26)39-24(2)11-6-4-5-7-12-25-15-10-16-27-21-42(23-31(25)27)37(47)50-29;3-2(4,5)1(6)7/h3,7,10,12,15-16,24,26,28-30,32-33,39H,1,4-6,8-9,11,13-14,17-23H2,2H3,(H,40,44)(H,41,46);(H,6,7)/b12-7+;/t24-,28-,29-,32+,33+,38-;/m1./s1. The van der Waals surface area contributed by atoms with E-state index < -0.39 is 75.0 Å². The molecule has 4 bridgehead atoms. The van der Waals surface area contributed by atoms with Crippen LogP contribution < -0.4 is 15.4 Å². The second-order valence-corrected chi connectivity index (χ2v) is 18.3. The Morgan fingerprint density at radius 2 is 1.74 bits per heavy atom. The lowest BCUT2D eigenvalue weighted by atomic mass is 9.94. The minimum Gasteiger partial charge on any atom is -0.475 e. The van der Waals surface area contributed by atoms with Crippen LogP contribution in [0.15, 0.2) is 36.9 Å². The highest BCUT2D eigenvalue weighted by Crippen LogP contribution is 2.45. The number of sulfonamides is 1. The number of ether oxygens (including phenoxy) is 1. The van der Waals surface area contributed by atoms with Crippen molar-refractivity contribution in [2.45, 2.75) is 138 Å². The van der Waals surface area contributed by atoms with Gasteiger partial charge in [0.15, 0.2) is 0 Å². The van der Waals surface area contributed by atoms with Crippen LogP contribution in [0.1, 0.15) is 101 Å². The Kier molecular flexibility index (Phi) is 13.0. The predicted octanol–water partition coefficient (Wildman–Crippen LogP) is 4.54. The van der Waals surface area contributed by atoms with Crippen molar-refractivity contribution >= 4 is 45.9 Å². The molecule has 0 aromatic heterocycles. The number of amides is 4. The van der Waals surface area contributed by atoms with Gasteiger partial charge >= 0.3 is 18.2 Å². The zero-order valence-corrected chi connectivity index (χ0v) is 33.3. The molecule has 7 rings (SSSR count). The Bertz CT molecular complexity index is 1920. The normalized spacial score (nSPS) is 29.8. The first-order valence-corrected chi connectivity index (χ1v) is 21.6. The average Bonchev–Trinajstić information content (AvgIpc) is 3.95. The number of hydrogen-bond acceptors (Lipinski definition) is 9. The number of fused-ring (bicyclic) bond motifs is 3. The number of carbonyl (C=O) groups excluding carboxylic acids is 4. The van der Waals surface area contributed by atoms with Crippen LogP contribution in [-0.2, 0) is 47.0 Å². The van der Waals surface area contributed by atoms with E-state index in [1.807, 2.05) is 12.1 Å². The minimum absolute atomic E-state index is 0.0386. The first-order valence-electron chi connectivity index (χ1n) is 20.0. The number of rotatable bonds is 7. The smallest absolute Gasteiger partial charge is 0.475 e. The van der Waals surface area contributed by atoms with E-state index in [-0.39, 0.29) is 37.3 Å². The van der Waals surface area contributed by atoms with Crippen molar-refractivity contribution in [2.75, 3.05) is 6.54 Å². The van der Waals surface area contributed by atoms with Crippen molar-refractivity contribution in [3.63, 3.8) is 0 Å². The van der Waals surface area contributed by atoms with E-state index in [9.17, 15) is 40.8 Å². The van der Waals surface area contributed by atoms with E-state index in [2.05, 4.69) is 47.1 Å². The fraction of sp³-hybridized carbons (Fsp3) is 0.625. The zero-order valence-electron chi connectivity index (χ0n) is 32.5. The summed E-state index contributed by atoms with van der Waals surface area (Å²) in [5.41, 5.74) is 1.76. The van der Waals surface area contributed by atoms with E-state index in [1.54, 1.807) is 11.0 Å². The Hall–Kier alpha value is -4.45. The Morgan fingerprint density at radius 1 is 1.05 bits per heavy atom. The second-order valence-electron chi connectivity index (χ2n) is 16.4. The first-order chi connectivity index (χ1) is 27.4. The highest BCUT2D eigenvalue weighted by Gasteiger charge is 2.62. The van der Waals surface area contributed by atoms with Crippen molar-refractivity contribution in [1.29, 1.82) is 0 Å². The molecule has 3 saturated carbocycles. The predicted molar refractivity (Wildman–Crippen MR) is 205 cm³/mol. The molecular weight excluding hydrogens is 784 g/mol. The Labute approximate surface area is 336 Å². The lowest BCUT2D eigenvalue weighted by Crippen LogP contribution is -2.59. The molecule has 0 spiro atoms. The molecule has 4 fully saturated rings. The molecule has 1 saturated heterocycles. The van der Waals surface area contributed by atoms with Gasteiger partial charge < -0.3 is 25.4 Å². The molecular formula is C40H52F3N5O9S. The molecule has 1 aromatic carbocycles. The lowest BCUT2D eigenvalue weighted by molar-refractivity contribution is -0.192. The molecule has 6 atom stereocenters. The van der Waals surface area contributed by atoms with Crippen LogP contribution in [-0.4, -0.2) is 101 Å². The maximum Gasteiger partial charge on any atom is 0.490 e. The molecule has 58 heavy (non-hydrogen) atoms. The van der Waals surface area contributed by atoms with E-state index in [1.165, 1.54) is 4.90 Å². The van der Waals surface area contributed by atoms with Crippen LogP contribution in [0.25, 0.3) is 6.08 Å². The van der Waals surface area contributed by atoms with Crippen molar-refractivity contribution in [2.24, 2.45) is 11.8 Å². The Balaban J connectivity index is 0.000000743. The summed E-state index contributed by atoms with van der Waals surface area (Å²) in [7, 11) is -3.85. The molecule has 0 radical (unpaired) electrons. The molecule has 318 valence electrons. The molecule has 6 aliphatic rings. The summed E-state index contributed by atoms with van der Waals surface area (Å²) >= 11 is 0. The van der Waals surface area contributed by atoms with E-state index in [0.29, 0.717) is 25.9 Å². The number of carbonyl (C=O) groups is 5. The van der Waals surface area contributed by atoms with Crippen LogP contribution in [0.3, 0.4) is 0 Å². The van der Waals surface area contributed by atoms with Gasteiger partial charge in [0.25, 0.3) is 5.91 Å². The van der Waals surface area contributed by atoms with Gasteiger partial charge in [-0.05, 0) is 80.9 Å². The molecule has 4 N–H and O–H groups in total. The van der Waals surface area contributed by atoms with E-state index in [4.69, 9.17) is 14.6 Å². The number of carboxylic acids is 1. The van der Waals surface area contributed by atoms with Crippen LogP contribution in [0.2, 0.25) is 0 Å². The molecule has 3 heterocycles. The summed E-state index contributed by atoms with van der Waals surface area (Å²) in [5, 5.41) is 13.0. The van der Waals surface area contributed by atoms with Crippen molar-refractivity contribution in [3.05, 3.63) is 53.6 Å². The van der Waals surface area contributed by atoms with E-state index >= 15 is 0 Å². The lowest BCUT2D eigenvalue weighted by Gasteiger charge is -2.33. The van der Waals surface area contributed by atoms with Gasteiger partial charge in [0.1, 0.15) is 17.7 Å². The fourth-order valence-corrected chi connectivity index (χ4v) is 9.90. The third-order valence-corrected chi connectivity index (χ3v) is 13.9. The summed E-state index contributed by atoms with van der Waals surface area (Å²) in [6.07, 6.45) is 8.48. The molecule has 18 heteroatoms. The number of benzene rings is 1. The molecule has 4 amide bonds. The van der Waals surface area contributed by atoms with Crippen molar-refractivity contribution in [1.82, 2.24) is 25.2 Å². The van der Waals surface area contributed by atoms with E-state index in [0.717, 1.165) is 68.1 Å². The molecule has 14 nitrogen and oxygen atoms in total. The van der Waals surface area contributed by atoms with Crippen LogP contribution in [0, 0.1) is 11.8 Å². The number of carboxylic acid groups (broad SMARTS) is 1.